The lowest BCUT2D eigenvalue weighted by molar-refractivity contribution is -0.384. The molecule has 2 aromatic rings. The molecule has 1 fully saturated rings. The fourth-order valence-electron chi connectivity index (χ4n) is 2.64. The van der Waals surface area contributed by atoms with Gasteiger partial charge in [0.1, 0.15) is 18.3 Å². The summed E-state index contributed by atoms with van der Waals surface area (Å²) in [5.41, 5.74) is 0.399. The molecule has 0 radical (unpaired) electrons. The van der Waals surface area contributed by atoms with E-state index in [0.717, 1.165) is 6.54 Å². The molecule has 9 nitrogen and oxygen atoms in total. The number of hydrogen-bond acceptors (Lipinski definition) is 6. The van der Waals surface area contributed by atoms with Gasteiger partial charge in [0.15, 0.2) is 0 Å². The molecule has 1 aromatic carbocycles. The van der Waals surface area contributed by atoms with Gasteiger partial charge in [-0.15, -0.1) is 12.4 Å². The number of amides is 1. The summed E-state index contributed by atoms with van der Waals surface area (Å²) >= 11 is 0. The molecule has 1 aliphatic rings. The van der Waals surface area contributed by atoms with Gasteiger partial charge < -0.3 is 10.2 Å². The first-order valence-corrected chi connectivity index (χ1v) is 7.23. The molecule has 2 heterocycles. The van der Waals surface area contributed by atoms with Crippen LogP contribution in [0.1, 0.15) is 17.3 Å². The Kier molecular flexibility index (Phi) is 5.47. The second kappa shape index (κ2) is 7.37. The molecule has 3 rings (SSSR count). The molecule has 24 heavy (non-hydrogen) atoms. The van der Waals surface area contributed by atoms with Gasteiger partial charge in [-0.25, -0.2) is 9.67 Å². The average Bonchev–Trinajstić information content (AvgIpc) is 3.08. The molecule has 1 N–H and O–H groups in total. The summed E-state index contributed by atoms with van der Waals surface area (Å²) in [5, 5.41) is 18.5. The van der Waals surface area contributed by atoms with Crippen molar-refractivity contribution in [3.8, 4) is 5.69 Å². The van der Waals surface area contributed by atoms with Crippen LogP contribution in [0.5, 0.6) is 0 Å². The van der Waals surface area contributed by atoms with Crippen molar-refractivity contribution in [1.29, 1.82) is 0 Å². The van der Waals surface area contributed by atoms with Crippen molar-refractivity contribution in [2.45, 2.75) is 13.0 Å². The maximum absolute atomic E-state index is 12.6. The van der Waals surface area contributed by atoms with Crippen molar-refractivity contribution in [3.63, 3.8) is 0 Å². The van der Waals surface area contributed by atoms with Crippen LogP contribution in [0.25, 0.3) is 5.69 Å². The fraction of sp³-hybridized carbons (Fsp3) is 0.357. The van der Waals surface area contributed by atoms with Crippen LogP contribution in [0.4, 0.5) is 5.69 Å². The molecule has 128 valence electrons. The van der Waals surface area contributed by atoms with Crippen molar-refractivity contribution in [2.24, 2.45) is 0 Å². The number of piperazine rings is 1. The molecule has 0 spiro atoms. The van der Waals surface area contributed by atoms with Gasteiger partial charge in [0, 0.05) is 37.3 Å². The summed E-state index contributed by atoms with van der Waals surface area (Å²) in [4.78, 5) is 29.0. The first kappa shape index (κ1) is 17.8. The van der Waals surface area contributed by atoms with Gasteiger partial charge in [0.25, 0.3) is 11.6 Å². The molecule has 1 unspecified atom stereocenters. The monoisotopic (exact) mass is 352 g/mol. The van der Waals surface area contributed by atoms with Crippen LogP contribution < -0.4 is 5.32 Å². The van der Waals surface area contributed by atoms with Crippen LogP contribution in [-0.4, -0.2) is 56.2 Å². The molecule has 1 amide bonds. The average molecular weight is 353 g/mol. The summed E-state index contributed by atoms with van der Waals surface area (Å²) < 4.78 is 1.31. The van der Waals surface area contributed by atoms with E-state index in [-0.39, 0.29) is 35.7 Å². The molecule has 1 saturated heterocycles. The van der Waals surface area contributed by atoms with Gasteiger partial charge in [0.2, 0.25) is 0 Å². The van der Waals surface area contributed by atoms with Crippen molar-refractivity contribution in [3.05, 3.63) is 46.5 Å². The predicted octanol–water partition coefficient (Wildman–Crippen LogP) is 1.03. The number of rotatable bonds is 3. The van der Waals surface area contributed by atoms with E-state index in [9.17, 15) is 14.9 Å². The Morgan fingerprint density at radius 3 is 2.88 bits per heavy atom. The quantitative estimate of drug-likeness (QED) is 0.653. The molecule has 1 aromatic heterocycles. The summed E-state index contributed by atoms with van der Waals surface area (Å²) in [6, 6.07) is 4.45. The first-order valence-electron chi connectivity index (χ1n) is 7.23. The number of hydrogen-bond donors (Lipinski definition) is 1. The van der Waals surface area contributed by atoms with Crippen molar-refractivity contribution in [1.82, 2.24) is 25.0 Å². The number of benzene rings is 1. The molecular weight excluding hydrogens is 336 g/mol. The highest BCUT2D eigenvalue weighted by Crippen LogP contribution is 2.24. The normalized spacial score (nSPS) is 17.2. The fourth-order valence-corrected chi connectivity index (χ4v) is 2.64. The topological polar surface area (TPSA) is 106 Å². The molecular formula is C14H17ClN6O3. The maximum atomic E-state index is 12.6. The number of nitrogens with zero attached hydrogens (tertiary/aromatic N) is 5. The minimum absolute atomic E-state index is 0. The van der Waals surface area contributed by atoms with E-state index in [1.54, 1.807) is 11.0 Å². The lowest BCUT2D eigenvalue weighted by Gasteiger charge is -2.34. The number of halogens is 1. The number of nitro groups is 1. The Labute approximate surface area is 144 Å². The third kappa shape index (κ3) is 3.36. The number of nitrogens with one attached hydrogen (secondary N) is 1. The van der Waals surface area contributed by atoms with E-state index < -0.39 is 4.92 Å². The molecule has 0 bridgehead atoms. The lowest BCUT2D eigenvalue weighted by Crippen LogP contribution is -2.52. The van der Waals surface area contributed by atoms with E-state index in [4.69, 9.17) is 0 Å². The van der Waals surface area contributed by atoms with Crippen LogP contribution >= 0.6 is 12.4 Å². The molecule has 0 aliphatic carbocycles. The number of carbonyl (C=O) groups excluding carboxylic acids is 1. The molecule has 0 saturated carbocycles. The first-order chi connectivity index (χ1) is 11.1. The highest BCUT2D eigenvalue weighted by Gasteiger charge is 2.26. The predicted molar refractivity (Wildman–Crippen MR) is 88.6 cm³/mol. The van der Waals surface area contributed by atoms with E-state index in [1.165, 1.54) is 29.5 Å². The second-order valence-corrected chi connectivity index (χ2v) is 5.35. The van der Waals surface area contributed by atoms with Crippen LogP contribution in [-0.2, 0) is 0 Å². The zero-order valence-corrected chi connectivity index (χ0v) is 13.8. The zero-order valence-electron chi connectivity index (χ0n) is 13.0. The Balaban J connectivity index is 0.00000208. The smallest absolute Gasteiger partial charge is 0.295 e. The highest BCUT2D eigenvalue weighted by molar-refractivity contribution is 5.95. The summed E-state index contributed by atoms with van der Waals surface area (Å²) in [6.45, 7) is 3.96. The Morgan fingerprint density at radius 2 is 2.25 bits per heavy atom. The highest BCUT2D eigenvalue weighted by atomic mass is 35.5. The van der Waals surface area contributed by atoms with Gasteiger partial charge >= 0.3 is 0 Å². The molecule has 10 heteroatoms. The van der Waals surface area contributed by atoms with Gasteiger partial charge in [0.05, 0.1) is 4.92 Å². The Bertz CT molecular complexity index is 736. The van der Waals surface area contributed by atoms with Crippen molar-refractivity contribution in [2.75, 3.05) is 19.6 Å². The summed E-state index contributed by atoms with van der Waals surface area (Å²) in [6.07, 6.45) is 2.67. The zero-order chi connectivity index (χ0) is 16.4. The van der Waals surface area contributed by atoms with Crippen LogP contribution in [0.3, 0.4) is 0 Å². The van der Waals surface area contributed by atoms with E-state index in [0.29, 0.717) is 18.7 Å². The van der Waals surface area contributed by atoms with E-state index in [2.05, 4.69) is 15.4 Å². The third-order valence-corrected chi connectivity index (χ3v) is 3.85. The second-order valence-electron chi connectivity index (χ2n) is 5.35. The third-order valence-electron chi connectivity index (χ3n) is 3.85. The van der Waals surface area contributed by atoms with Crippen molar-refractivity contribution >= 4 is 24.0 Å². The SMILES string of the molecule is CC1CNCCN1C(=O)c1ccc(-n2cncn2)c([N+](=O)[O-])c1.Cl. The molecule has 1 atom stereocenters. The van der Waals surface area contributed by atoms with E-state index >= 15 is 0 Å². The van der Waals surface area contributed by atoms with Gasteiger partial charge in [-0.1, -0.05) is 0 Å². The Hall–Kier alpha value is -2.52. The van der Waals surface area contributed by atoms with E-state index in [1.807, 2.05) is 6.92 Å². The minimum atomic E-state index is -0.519. The van der Waals surface area contributed by atoms with Crippen LogP contribution in [0.2, 0.25) is 0 Å². The van der Waals surface area contributed by atoms with Crippen molar-refractivity contribution < 1.29 is 9.72 Å². The minimum Gasteiger partial charge on any atom is -0.333 e. The lowest BCUT2D eigenvalue weighted by atomic mass is 10.1. The Morgan fingerprint density at radius 1 is 1.46 bits per heavy atom. The maximum Gasteiger partial charge on any atom is 0.295 e. The van der Waals surface area contributed by atoms with Crippen LogP contribution in [0, 0.1) is 10.1 Å². The molecule has 1 aliphatic heterocycles. The summed E-state index contributed by atoms with van der Waals surface area (Å²) in [7, 11) is 0. The van der Waals surface area contributed by atoms with Gasteiger partial charge in [-0.2, -0.15) is 5.10 Å². The van der Waals surface area contributed by atoms with Gasteiger partial charge in [-0.3, -0.25) is 14.9 Å². The van der Waals surface area contributed by atoms with Gasteiger partial charge in [-0.05, 0) is 19.1 Å². The largest absolute Gasteiger partial charge is 0.333 e. The number of carbonyl (C=O) groups is 1. The summed E-state index contributed by atoms with van der Waals surface area (Å²) in [5.74, 6) is -0.202. The standard InChI is InChI=1S/C14H16N6O3.ClH/c1-10-7-15-4-5-18(10)14(21)11-2-3-12(13(6-11)20(22)23)19-9-16-8-17-19;/h2-3,6,8-10,15H,4-5,7H2,1H3;1H. The van der Waals surface area contributed by atoms with Crippen LogP contribution in [0.15, 0.2) is 30.9 Å². The number of aromatic nitrogens is 3. The number of nitro benzene ring substituents is 1.